The molecule has 0 radical (unpaired) electrons. The van der Waals surface area contributed by atoms with Gasteiger partial charge in [-0.1, -0.05) is 42.5 Å². The fourth-order valence-electron chi connectivity index (χ4n) is 7.04. The summed E-state index contributed by atoms with van der Waals surface area (Å²) in [5, 5.41) is 2.95. The molecule has 0 unspecified atom stereocenters. The van der Waals surface area contributed by atoms with E-state index in [1.165, 1.54) is 4.90 Å². The van der Waals surface area contributed by atoms with Crippen molar-refractivity contribution in [1.29, 1.82) is 0 Å². The average molecular weight is 535 g/mol. The number of nitrogens with one attached hydrogen (secondary N) is 1. The van der Waals surface area contributed by atoms with Crippen molar-refractivity contribution in [3.05, 3.63) is 96.6 Å². The SMILES string of the molecule is COc1ccc(Oc2ccc(NC(=O)[C@@H](Cc3ccccc3)N3C(=O)[C@@H]4[C@@H]5C=C[C@H]([C@H]6C[C@H]56)[C@@H]4C3=O)cc2)cc1. The van der Waals surface area contributed by atoms with Gasteiger partial charge in [-0.25, -0.2) is 0 Å². The van der Waals surface area contributed by atoms with Crippen LogP contribution in [-0.2, 0) is 20.8 Å². The second-order valence-electron chi connectivity index (χ2n) is 11.2. The molecule has 1 aliphatic heterocycles. The summed E-state index contributed by atoms with van der Waals surface area (Å²) >= 11 is 0. The van der Waals surface area contributed by atoms with Crippen molar-refractivity contribution in [3.8, 4) is 17.2 Å². The summed E-state index contributed by atoms with van der Waals surface area (Å²) in [5.74, 6) is 1.80. The Morgan fingerprint density at radius 1 is 0.825 bits per heavy atom. The zero-order valence-corrected chi connectivity index (χ0v) is 22.1. The Bertz CT molecular complexity index is 1450. The van der Waals surface area contributed by atoms with E-state index in [2.05, 4.69) is 17.5 Å². The minimum Gasteiger partial charge on any atom is -0.497 e. The van der Waals surface area contributed by atoms with Crippen LogP contribution in [0.5, 0.6) is 17.2 Å². The molecule has 5 aliphatic rings. The van der Waals surface area contributed by atoms with Crippen LogP contribution in [-0.4, -0.2) is 35.8 Å². The number of allylic oxidation sites excluding steroid dienone is 2. The van der Waals surface area contributed by atoms with E-state index in [9.17, 15) is 14.4 Å². The van der Waals surface area contributed by atoms with Crippen LogP contribution in [0.3, 0.4) is 0 Å². The maximum atomic E-state index is 13.8. The Hall–Kier alpha value is -4.39. The second-order valence-corrected chi connectivity index (χ2v) is 11.2. The highest BCUT2D eigenvalue weighted by atomic mass is 16.5. The van der Waals surface area contributed by atoms with E-state index >= 15 is 0 Å². The lowest BCUT2D eigenvalue weighted by Crippen LogP contribution is -2.49. The molecule has 3 fully saturated rings. The lowest BCUT2D eigenvalue weighted by molar-refractivity contribution is -0.146. The Morgan fingerprint density at radius 3 is 1.95 bits per heavy atom. The van der Waals surface area contributed by atoms with Crippen molar-refractivity contribution in [2.75, 3.05) is 12.4 Å². The fourth-order valence-corrected chi connectivity index (χ4v) is 7.04. The molecule has 0 aromatic heterocycles. The van der Waals surface area contributed by atoms with Crippen molar-refractivity contribution in [3.63, 3.8) is 0 Å². The summed E-state index contributed by atoms with van der Waals surface area (Å²) in [6.45, 7) is 0. The number of rotatable bonds is 8. The van der Waals surface area contributed by atoms with Crippen LogP contribution < -0.4 is 14.8 Å². The number of benzene rings is 3. The zero-order chi connectivity index (χ0) is 27.4. The van der Waals surface area contributed by atoms with Crippen LogP contribution in [0, 0.1) is 35.5 Å². The van der Waals surface area contributed by atoms with Crippen molar-refractivity contribution in [2.45, 2.75) is 18.9 Å². The summed E-state index contributed by atoms with van der Waals surface area (Å²) < 4.78 is 11.1. The number of hydrogen-bond donors (Lipinski definition) is 1. The molecule has 1 heterocycles. The van der Waals surface area contributed by atoms with Crippen molar-refractivity contribution in [2.24, 2.45) is 35.5 Å². The van der Waals surface area contributed by atoms with Gasteiger partial charge < -0.3 is 14.8 Å². The molecule has 0 spiro atoms. The number of ether oxygens (including phenoxy) is 2. The highest BCUT2D eigenvalue weighted by Crippen LogP contribution is 2.65. The maximum absolute atomic E-state index is 13.8. The smallest absolute Gasteiger partial charge is 0.248 e. The van der Waals surface area contributed by atoms with Gasteiger partial charge in [0.05, 0.1) is 18.9 Å². The number of imide groups is 1. The Labute approximate surface area is 232 Å². The Morgan fingerprint density at radius 2 is 1.38 bits per heavy atom. The molecule has 1 saturated heterocycles. The quantitative estimate of drug-likeness (QED) is 0.322. The van der Waals surface area contributed by atoms with Gasteiger partial charge in [-0.2, -0.15) is 0 Å². The number of anilines is 1. The predicted octanol–water partition coefficient (Wildman–Crippen LogP) is 5.09. The molecule has 2 saturated carbocycles. The zero-order valence-electron chi connectivity index (χ0n) is 22.1. The summed E-state index contributed by atoms with van der Waals surface area (Å²) in [5.41, 5.74) is 1.45. The lowest BCUT2D eigenvalue weighted by atomic mass is 9.63. The molecule has 4 aliphatic carbocycles. The van der Waals surface area contributed by atoms with Crippen LogP contribution in [0.4, 0.5) is 5.69 Å². The van der Waals surface area contributed by atoms with Gasteiger partial charge in [-0.15, -0.1) is 0 Å². The first-order valence-corrected chi connectivity index (χ1v) is 13.8. The van der Waals surface area contributed by atoms with Gasteiger partial charge in [0.25, 0.3) is 0 Å². The molecule has 3 amide bonds. The van der Waals surface area contributed by atoms with Crippen LogP contribution in [0.2, 0.25) is 0 Å². The topological polar surface area (TPSA) is 84.9 Å². The number of hydrogen-bond acceptors (Lipinski definition) is 5. The Balaban J connectivity index is 1.11. The number of nitrogens with zero attached hydrogens (tertiary/aromatic N) is 1. The summed E-state index contributed by atoms with van der Waals surface area (Å²) in [6, 6.07) is 22.9. The average Bonchev–Trinajstić information content (AvgIpc) is 3.77. The minimum absolute atomic E-state index is 0.111. The molecule has 8 rings (SSSR count). The third-order valence-electron chi connectivity index (χ3n) is 9.00. The summed E-state index contributed by atoms with van der Waals surface area (Å²) in [6.07, 6.45) is 5.66. The molecule has 7 heteroatoms. The van der Waals surface area contributed by atoms with E-state index in [4.69, 9.17) is 9.47 Å². The molecule has 2 bridgehead atoms. The largest absolute Gasteiger partial charge is 0.497 e. The van der Waals surface area contributed by atoms with Gasteiger partial charge in [0.1, 0.15) is 23.3 Å². The highest BCUT2D eigenvalue weighted by molar-refractivity contribution is 6.10. The molecule has 40 heavy (non-hydrogen) atoms. The number of methoxy groups -OCH3 is 1. The van der Waals surface area contributed by atoms with E-state index in [1.807, 2.05) is 54.6 Å². The Kier molecular flexibility index (Phi) is 5.95. The number of likely N-dealkylation sites (tertiary alicyclic amines) is 1. The second kappa shape index (κ2) is 9.66. The minimum atomic E-state index is -0.932. The predicted molar refractivity (Wildman–Crippen MR) is 149 cm³/mol. The molecule has 3 aromatic carbocycles. The van der Waals surface area contributed by atoms with E-state index < -0.39 is 6.04 Å². The molecule has 7 atom stereocenters. The van der Waals surface area contributed by atoms with E-state index in [-0.39, 0.29) is 47.8 Å². The first-order valence-electron chi connectivity index (χ1n) is 13.8. The number of amides is 3. The van der Waals surface area contributed by atoms with Crippen LogP contribution in [0.25, 0.3) is 0 Å². The first kappa shape index (κ1) is 24.6. The first-order chi connectivity index (χ1) is 19.5. The van der Waals surface area contributed by atoms with Gasteiger partial charge >= 0.3 is 0 Å². The van der Waals surface area contributed by atoms with Crippen molar-refractivity contribution >= 4 is 23.4 Å². The van der Waals surface area contributed by atoms with Crippen LogP contribution >= 0.6 is 0 Å². The third-order valence-corrected chi connectivity index (χ3v) is 9.00. The normalized spacial score (nSPS) is 28.1. The molecule has 3 aromatic rings. The molecular weight excluding hydrogens is 504 g/mol. The highest BCUT2D eigenvalue weighted by Gasteiger charge is 2.67. The van der Waals surface area contributed by atoms with Crippen LogP contribution in [0.1, 0.15) is 12.0 Å². The van der Waals surface area contributed by atoms with E-state index in [0.29, 0.717) is 29.0 Å². The third kappa shape index (κ3) is 4.17. The van der Waals surface area contributed by atoms with E-state index in [1.54, 1.807) is 31.4 Å². The van der Waals surface area contributed by atoms with Gasteiger partial charge in [-0.05, 0) is 84.2 Å². The maximum Gasteiger partial charge on any atom is 0.248 e. The number of carbonyl (C=O) groups excluding carboxylic acids is 3. The fraction of sp³-hybridized carbons (Fsp3) is 0.303. The molecule has 7 nitrogen and oxygen atoms in total. The van der Waals surface area contributed by atoms with Gasteiger partial charge in [0.2, 0.25) is 17.7 Å². The monoisotopic (exact) mass is 534 g/mol. The van der Waals surface area contributed by atoms with E-state index in [0.717, 1.165) is 17.7 Å². The standard InChI is InChI=1S/C33H30N2O5/c1-39-21-11-13-23(14-12-21)40-22-9-7-20(8-10-22)34-31(36)28(17-19-5-3-2-4-6-19)35-32(37)29-24-15-16-25(27-18-26(24)27)30(29)33(35)38/h2-16,24-30H,17-18H2,1H3,(H,34,36)/t24-,25-,26-,27-,28-,29-,30+/m1/s1. The van der Waals surface area contributed by atoms with Gasteiger partial charge in [0.15, 0.2) is 0 Å². The summed E-state index contributed by atoms with van der Waals surface area (Å²) in [4.78, 5) is 42.7. The van der Waals surface area contributed by atoms with Gasteiger partial charge in [0, 0.05) is 12.1 Å². The van der Waals surface area contributed by atoms with Crippen LogP contribution in [0.15, 0.2) is 91.0 Å². The molecular formula is C33H30N2O5. The molecule has 202 valence electrons. The number of carbonyl (C=O) groups is 3. The van der Waals surface area contributed by atoms with Gasteiger partial charge in [-0.3, -0.25) is 19.3 Å². The van der Waals surface area contributed by atoms with Crippen molar-refractivity contribution in [1.82, 2.24) is 4.90 Å². The molecule has 1 N–H and O–H groups in total. The lowest BCUT2D eigenvalue weighted by Gasteiger charge is -2.37. The summed E-state index contributed by atoms with van der Waals surface area (Å²) in [7, 11) is 1.61. The van der Waals surface area contributed by atoms with Crippen molar-refractivity contribution < 1.29 is 23.9 Å².